The Morgan fingerprint density at radius 2 is 1.66 bits per heavy atom. The van der Waals surface area contributed by atoms with Crippen molar-refractivity contribution in [3.05, 3.63) is 86.4 Å². The summed E-state index contributed by atoms with van der Waals surface area (Å²) in [5.74, 6) is -0.0576. The number of carbonyl (C=O) groups is 1. The number of aromatic nitrogens is 2. The fourth-order valence-corrected chi connectivity index (χ4v) is 3.59. The first-order valence-corrected chi connectivity index (χ1v) is 9.71. The van der Waals surface area contributed by atoms with Crippen molar-refractivity contribution >= 4 is 23.0 Å². The van der Waals surface area contributed by atoms with Gasteiger partial charge in [-0.15, -0.1) is 0 Å². The number of nitrogens with one attached hydrogen (secondary N) is 3. The quantitative estimate of drug-likeness (QED) is 0.558. The van der Waals surface area contributed by atoms with Crippen LogP contribution in [0.3, 0.4) is 0 Å². The van der Waals surface area contributed by atoms with E-state index in [0.29, 0.717) is 29.7 Å². The Hall–Kier alpha value is -3.45. The van der Waals surface area contributed by atoms with E-state index in [1.54, 1.807) is 18.2 Å². The highest BCUT2D eigenvalue weighted by atomic mass is 16.2. The van der Waals surface area contributed by atoms with Crippen LogP contribution in [0.4, 0.5) is 0 Å². The van der Waals surface area contributed by atoms with E-state index in [9.17, 15) is 14.4 Å². The first kappa shape index (κ1) is 18.9. The monoisotopic (exact) mass is 391 g/mol. The molecule has 0 saturated carbocycles. The molecule has 1 aliphatic rings. The molecule has 1 amide bonds. The second kappa shape index (κ2) is 8.28. The van der Waals surface area contributed by atoms with Crippen molar-refractivity contribution < 1.29 is 9.69 Å². The Kier molecular flexibility index (Phi) is 5.39. The SMILES string of the molecule is O=C(c1ccc2[nH]c(=O)c(=O)[nH]c2c1)N1CC[NH+](C/C=C/c2ccccc2)CC1. The summed E-state index contributed by atoms with van der Waals surface area (Å²) in [5, 5.41) is 0. The van der Waals surface area contributed by atoms with E-state index in [-0.39, 0.29) is 5.91 Å². The molecule has 148 valence electrons. The van der Waals surface area contributed by atoms with Gasteiger partial charge in [-0.2, -0.15) is 0 Å². The molecule has 1 aliphatic heterocycles. The molecule has 3 aromatic rings. The maximum atomic E-state index is 12.8. The van der Waals surface area contributed by atoms with Crippen LogP contribution < -0.4 is 16.0 Å². The highest BCUT2D eigenvalue weighted by molar-refractivity contribution is 5.97. The fraction of sp³-hybridized carbons (Fsp3) is 0.227. The lowest BCUT2D eigenvalue weighted by Crippen LogP contribution is -3.14. The number of amides is 1. The molecule has 0 bridgehead atoms. The van der Waals surface area contributed by atoms with E-state index in [4.69, 9.17) is 0 Å². The number of aromatic amines is 2. The van der Waals surface area contributed by atoms with Crippen LogP contribution in [0.2, 0.25) is 0 Å². The van der Waals surface area contributed by atoms with Gasteiger partial charge in [0, 0.05) is 5.56 Å². The molecular weight excluding hydrogens is 368 g/mol. The molecule has 0 spiro atoms. The number of benzene rings is 2. The van der Waals surface area contributed by atoms with Gasteiger partial charge >= 0.3 is 11.1 Å². The first-order valence-electron chi connectivity index (χ1n) is 9.71. The smallest absolute Gasteiger partial charge is 0.314 e. The summed E-state index contributed by atoms with van der Waals surface area (Å²) in [5.41, 5.74) is 1.24. The predicted octanol–water partition coefficient (Wildman–Crippen LogP) is 0.271. The van der Waals surface area contributed by atoms with E-state index in [0.717, 1.165) is 19.6 Å². The maximum absolute atomic E-state index is 12.8. The largest absolute Gasteiger partial charge is 0.329 e. The minimum absolute atomic E-state index is 0.0576. The summed E-state index contributed by atoms with van der Waals surface area (Å²) < 4.78 is 0. The fourth-order valence-electron chi connectivity index (χ4n) is 3.59. The van der Waals surface area contributed by atoms with Crippen LogP contribution in [-0.2, 0) is 0 Å². The van der Waals surface area contributed by atoms with Gasteiger partial charge in [0.2, 0.25) is 0 Å². The number of fused-ring (bicyclic) bond motifs is 1. The van der Waals surface area contributed by atoms with Crippen LogP contribution in [0.5, 0.6) is 0 Å². The Labute approximate surface area is 167 Å². The standard InChI is InChI=1S/C22H22N4O3/c27-20-21(28)24-19-15-17(8-9-18(19)23-20)22(29)26-13-11-25(12-14-26)10-4-7-16-5-2-1-3-6-16/h1-9,15H,10-14H2,(H,23,27)(H,24,28)/p+1/b7-4+. The lowest BCUT2D eigenvalue weighted by molar-refractivity contribution is -0.898. The van der Waals surface area contributed by atoms with Crippen molar-refractivity contribution in [2.45, 2.75) is 0 Å². The number of hydrogen-bond acceptors (Lipinski definition) is 3. The Bertz CT molecular complexity index is 1160. The van der Waals surface area contributed by atoms with Crippen LogP contribution in [0.15, 0.2) is 64.2 Å². The minimum Gasteiger partial charge on any atom is -0.329 e. The number of H-pyrrole nitrogens is 2. The highest BCUT2D eigenvalue weighted by Crippen LogP contribution is 2.12. The van der Waals surface area contributed by atoms with Gasteiger partial charge in [0.05, 0.1) is 43.8 Å². The number of rotatable bonds is 4. The molecule has 1 saturated heterocycles. The van der Waals surface area contributed by atoms with E-state index < -0.39 is 11.1 Å². The zero-order chi connectivity index (χ0) is 20.2. The van der Waals surface area contributed by atoms with Gasteiger partial charge in [-0.05, 0) is 29.8 Å². The summed E-state index contributed by atoms with van der Waals surface area (Å²) >= 11 is 0. The summed E-state index contributed by atoms with van der Waals surface area (Å²) in [7, 11) is 0. The number of hydrogen-bond donors (Lipinski definition) is 3. The molecule has 1 aromatic heterocycles. The van der Waals surface area contributed by atoms with E-state index in [1.165, 1.54) is 10.5 Å². The molecule has 0 aliphatic carbocycles. The summed E-state index contributed by atoms with van der Waals surface area (Å²) in [4.78, 5) is 44.1. The van der Waals surface area contributed by atoms with Crippen LogP contribution in [0, 0.1) is 0 Å². The Morgan fingerprint density at radius 3 is 2.38 bits per heavy atom. The number of piperazine rings is 1. The molecule has 3 N–H and O–H groups in total. The van der Waals surface area contributed by atoms with Gasteiger partial charge in [0.15, 0.2) is 0 Å². The van der Waals surface area contributed by atoms with Crippen molar-refractivity contribution in [3.8, 4) is 0 Å². The second-order valence-electron chi connectivity index (χ2n) is 7.23. The van der Waals surface area contributed by atoms with Gasteiger partial charge in [0.25, 0.3) is 5.91 Å². The van der Waals surface area contributed by atoms with E-state index in [1.807, 2.05) is 23.1 Å². The van der Waals surface area contributed by atoms with Crippen molar-refractivity contribution in [3.63, 3.8) is 0 Å². The van der Waals surface area contributed by atoms with E-state index >= 15 is 0 Å². The number of carbonyl (C=O) groups excluding carboxylic acids is 1. The van der Waals surface area contributed by atoms with Gasteiger partial charge < -0.3 is 19.8 Å². The summed E-state index contributed by atoms with van der Waals surface area (Å²) in [6.45, 7) is 4.09. The van der Waals surface area contributed by atoms with Crippen LogP contribution in [0.1, 0.15) is 15.9 Å². The summed E-state index contributed by atoms with van der Waals surface area (Å²) in [6.07, 6.45) is 4.31. The molecular formula is C22H23N4O3+. The van der Waals surface area contributed by atoms with Crippen molar-refractivity contribution in [2.24, 2.45) is 0 Å². The number of nitrogens with zero attached hydrogens (tertiary/aromatic N) is 1. The summed E-state index contributed by atoms with van der Waals surface area (Å²) in [6, 6.07) is 15.2. The average molecular weight is 391 g/mol. The highest BCUT2D eigenvalue weighted by Gasteiger charge is 2.24. The lowest BCUT2D eigenvalue weighted by Gasteiger charge is -2.31. The normalized spacial score (nSPS) is 15.2. The van der Waals surface area contributed by atoms with Crippen LogP contribution in [0.25, 0.3) is 17.1 Å². The molecule has 0 unspecified atom stereocenters. The third-order valence-electron chi connectivity index (χ3n) is 5.24. The number of quaternary nitrogens is 1. The Morgan fingerprint density at radius 1 is 0.966 bits per heavy atom. The Balaban J connectivity index is 1.37. The minimum atomic E-state index is -0.720. The van der Waals surface area contributed by atoms with Gasteiger partial charge in [-0.25, -0.2) is 0 Å². The van der Waals surface area contributed by atoms with E-state index in [2.05, 4.69) is 34.3 Å². The second-order valence-corrected chi connectivity index (χ2v) is 7.23. The van der Waals surface area contributed by atoms with Crippen LogP contribution in [-0.4, -0.2) is 53.5 Å². The molecule has 1 fully saturated rings. The van der Waals surface area contributed by atoms with Crippen molar-refractivity contribution in [1.29, 1.82) is 0 Å². The third kappa shape index (κ3) is 4.35. The zero-order valence-corrected chi connectivity index (χ0v) is 16.0. The zero-order valence-electron chi connectivity index (χ0n) is 16.0. The van der Waals surface area contributed by atoms with Gasteiger partial charge in [-0.3, -0.25) is 14.4 Å². The first-order chi connectivity index (χ1) is 14.1. The third-order valence-corrected chi connectivity index (χ3v) is 5.24. The molecule has 7 nitrogen and oxygen atoms in total. The van der Waals surface area contributed by atoms with Crippen LogP contribution >= 0.6 is 0 Å². The topological polar surface area (TPSA) is 90.5 Å². The van der Waals surface area contributed by atoms with Crippen molar-refractivity contribution in [2.75, 3.05) is 32.7 Å². The average Bonchev–Trinajstić information content (AvgIpc) is 2.75. The molecule has 7 heteroatoms. The molecule has 0 atom stereocenters. The predicted molar refractivity (Wildman–Crippen MR) is 112 cm³/mol. The maximum Gasteiger partial charge on any atom is 0.314 e. The molecule has 2 heterocycles. The lowest BCUT2D eigenvalue weighted by atomic mass is 10.1. The van der Waals surface area contributed by atoms with Gasteiger partial charge in [-0.1, -0.05) is 36.4 Å². The molecule has 0 radical (unpaired) electrons. The molecule has 2 aromatic carbocycles. The molecule has 4 rings (SSSR count). The van der Waals surface area contributed by atoms with Crippen molar-refractivity contribution in [1.82, 2.24) is 14.9 Å². The molecule has 29 heavy (non-hydrogen) atoms. The van der Waals surface area contributed by atoms with Gasteiger partial charge in [0.1, 0.15) is 0 Å².